The molecule has 2 rings (SSSR count). The fourth-order valence-electron chi connectivity index (χ4n) is 2.11. The normalized spacial score (nSPS) is 14.1. The maximum atomic E-state index is 6.26. The van der Waals surface area contributed by atoms with E-state index in [0.29, 0.717) is 0 Å². The van der Waals surface area contributed by atoms with Gasteiger partial charge in [0, 0.05) is 15.8 Å². The molecule has 0 saturated heterocycles. The Kier molecular flexibility index (Phi) is 4.84. The number of ether oxygens (including phenoxy) is 1. The number of hydrogen-bond acceptors (Lipinski definition) is 3. The number of aryl methyl sites for hydroxylation is 3. The fraction of sp³-hybridized carbons (Fsp3) is 0.412. The van der Waals surface area contributed by atoms with Crippen molar-refractivity contribution < 1.29 is 4.74 Å². The van der Waals surface area contributed by atoms with Crippen LogP contribution in [-0.2, 0) is 0 Å². The molecule has 0 aliphatic rings. The Balaban J connectivity index is 2.25. The number of rotatable bonds is 5. The summed E-state index contributed by atoms with van der Waals surface area (Å²) in [4.78, 5) is 2.49. The van der Waals surface area contributed by atoms with Crippen LogP contribution < -0.4 is 10.5 Å². The van der Waals surface area contributed by atoms with E-state index in [1.807, 2.05) is 6.07 Å². The van der Waals surface area contributed by atoms with Gasteiger partial charge in [0.1, 0.15) is 11.9 Å². The fourth-order valence-corrected chi connectivity index (χ4v) is 3.09. The topological polar surface area (TPSA) is 35.2 Å². The van der Waals surface area contributed by atoms with Gasteiger partial charge in [-0.2, -0.15) is 0 Å². The molecule has 1 aromatic heterocycles. The summed E-state index contributed by atoms with van der Waals surface area (Å²) >= 11 is 1.76. The van der Waals surface area contributed by atoms with Crippen LogP contribution in [0, 0.1) is 20.8 Å². The molecule has 0 saturated carbocycles. The Morgan fingerprint density at radius 1 is 1.10 bits per heavy atom. The number of benzene rings is 1. The molecule has 0 aliphatic heterocycles. The zero-order valence-electron chi connectivity index (χ0n) is 12.6. The van der Waals surface area contributed by atoms with Crippen molar-refractivity contribution in [1.29, 1.82) is 0 Å². The average molecular weight is 289 g/mol. The Hall–Kier alpha value is -1.32. The second-order valence-electron chi connectivity index (χ2n) is 5.31. The first-order valence-corrected chi connectivity index (χ1v) is 7.88. The highest BCUT2D eigenvalue weighted by Crippen LogP contribution is 2.31. The summed E-state index contributed by atoms with van der Waals surface area (Å²) in [5, 5.41) is 0. The SMILES string of the molecule is CCC(N)C(Oc1ccc(C)c(C)c1)c1ccc(C)s1. The van der Waals surface area contributed by atoms with Gasteiger partial charge < -0.3 is 10.5 Å². The van der Waals surface area contributed by atoms with E-state index in [4.69, 9.17) is 10.5 Å². The molecule has 2 aromatic rings. The lowest BCUT2D eigenvalue weighted by Gasteiger charge is -2.23. The van der Waals surface area contributed by atoms with Crippen molar-refractivity contribution >= 4 is 11.3 Å². The van der Waals surface area contributed by atoms with Crippen molar-refractivity contribution in [2.45, 2.75) is 46.3 Å². The molecule has 3 heteroatoms. The summed E-state index contributed by atoms with van der Waals surface area (Å²) < 4.78 is 6.19. The molecule has 0 spiro atoms. The van der Waals surface area contributed by atoms with E-state index in [1.165, 1.54) is 20.9 Å². The van der Waals surface area contributed by atoms with Crippen molar-refractivity contribution in [3.63, 3.8) is 0 Å². The molecule has 2 nitrogen and oxygen atoms in total. The maximum Gasteiger partial charge on any atom is 0.148 e. The quantitative estimate of drug-likeness (QED) is 0.877. The van der Waals surface area contributed by atoms with Crippen LogP contribution in [0.15, 0.2) is 30.3 Å². The molecule has 0 amide bonds. The molecule has 2 unspecified atom stereocenters. The van der Waals surface area contributed by atoms with E-state index < -0.39 is 0 Å². The van der Waals surface area contributed by atoms with Gasteiger partial charge in [0.25, 0.3) is 0 Å². The molecule has 0 aliphatic carbocycles. The van der Waals surface area contributed by atoms with E-state index >= 15 is 0 Å². The van der Waals surface area contributed by atoms with Gasteiger partial charge in [-0.1, -0.05) is 13.0 Å². The number of thiophene rings is 1. The van der Waals surface area contributed by atoms with Gasteiger partial charge in [0.05, 0.1) is 0 Å². The van der Waals surface area contributed by atoms with E-state index in [1.54, 1.807) is 11.3 Å². The van der Waals surface area contributed by atoms with Gasteiger partial charge in [-0.3, -0.25) is 0 Å². The minimum absolute atomic E-state index is 0.00894. The van der Waals surface area contributed by atoms with E-state index in [-0.39, 0.29) is 12.1 Å². The Morgan fingerprint density at radius 2 is 1.85 bits per heavy atom. The molecule has 1 heterocycles. The predicted molar refractivity (Wildman–Crippen MR) is 86.6 cm³/mol. The first-order valence-electron chi connectivity index (χ1n) is 7.07. The second-order valence-corrected chi connectivity index (χ2v) is 6.62. The molecule has 0 radical (unpaired) electrons. The smallest absolute Gasteiger partial charge is 0.148 e. The van der Waals surface area contributed by atoms with Crippen LogP contribution in [0.3, 0.4) is 0 Å². The molecule has 0 fully saturated rings. The average Bonchev–Trinajstić information content (AvgIpc) is 2.85. The zero-order chi connectivity index (χ0) is 14.7. The lowest BCUT2D eigenvalue weighted by atomic mass is 10.1. The summed E-state index contributed by atoms with van der Waals surface area (Å²) in [6.07, 6.45) is 0.827. The van der Waals surface area contributed by atoms with Gasteiger partial charge in [-0.05, 0) is 62.6 Å². The van der Waals surface area contributed by atoms with Crippen molar-refractivity contribution in [1.82, 2.24) is 0 Å². The molecule has 2 atom stereocenters. The zero-order valence-corrected chi connectivity index (χ0v) is 13.5. The Bertz CT molecular complexity index is 576. The standard InChI is InChI=1S/C17H23NOS/c1-5-15(18)17(16-9-7-13(4)20-16)19-14-8-6-11(2)12(3)10-14/h6-10,15,17H,5,18H2,1-4H3. The van der Waals surface area contributed by atoms with Crippen LogP contribution in [0.1, 0.15) is 40.3 Å². The number of nitrogens with two attached hydrogens (primary N) is 1. The van der Waals surface area contributed by atoms with Crippen molar-refractivity contribution in [3.05, 3.63) is 51.2 Å². The van der Waals surface area contributed by atoms with Crippen LogP contribution >= 0.6 is 11.3 Å². The molecule has 1 aromatic carbocycles. The molecule has 0 bridgehead atoms. The van der Waals surface area contributed by atoms with Crippen molar-refractivity contribution in [3.8, 4) is 5.75 Å². The largest absolute Gasteiger partial charge is 0.483 e. The summed E-state index contributed by atoms with van der Waals surface area (Å²) in [5.41, 5.74) is 8.78. The van der Waals surface area contributed by atoms with Gasteiger partial charge in [0.2, 0.25) is 0 Å². The summed E-state index contributed by atoms with van der Waals surface area (Å²) in [5.74, 6) is 0.896. The predicted octanol–water partition coefficient (Wildman–Crippen LogP) is 4.53. The third-order valence-electron chi connectivity index (χ3n) is 3.64. The Morgan fingerprint density at radius 3 is 2.40 bits per heavy atom. The first-order chi connectivity index (χ1) is 9.51. The van der Waals surface area contributed by atoms with Gasteiger partial charge in [-0.25, -0.2) is 0 Å². The molecule has 2 N–H and O–H groups in total. The number of hydrogen-bond donors (Lipinski definition) is 1. The third kappa shape index (κ3) is 3.41. The maximum absolute atomic E-state index is 6.26. The van der Waals surface area contributed by atoms with Crippen molar-refractivity contribution in [2.75, 3.05) is 0 Å². The van der Waals surface area contributed by atoms with Gasteiger partial charge >= 0.3 is 0 Å². The van der Waals surface area contributed by atoms with E-state index in [0.717, 1.165) is 12.2 Å². The molecular weight excluding hydrogens is 266 g/mol. The Labute approximate surface area is 125 Å². The summed E-state index contributed by atoms with van der Waals surface area (Å²) in [7, 11) is 0. The minimum atomic E-state index is -0.0687. The van der Waals surface area contributed by atoms with Gasteiger partial charge in [-0.15, -0.1) is 11.3 Å². The molecule has 108 valence electrons. The monoisotopic (exact) mass is 289 g/mol. The summed E-state index contributed by atoms with van der Waals surface area (Å²) in [6, 6.07) is 10.5. The first kappa shape index (κ1) is 15.1. The molecular formula is C17H23NOS. The highest BCUT2D eigenvalue weighted by molar-refractivity contribution is 7.12. The highest BCUT2D eigenvalue weighted by atomic mass is 32.1. The van der Waals surface area contributed by atoms with E-state index in [2.05, 4.69) is 52.0 Å². The van der Waals surface area contributed by atoms with Gasteiger partial charge in [0.15, 0.2) is 0 Å². The highest BCUT2D eigenvalue weighted by Gasteiger charge is 2.22. The summed E-state index contributed by atoms with van der Waals surface area (Å²) in [6.45, 7) is 8.42. The third-order valence-corrected chi connectivity index (χ3v) is 4.71. The lowest BCUT2D eigenvalue weighted by molar-refractivity contribution is 0.174. The van der Waals surface area contributed by atoms with Crippen LogP contribution in [0.5, 0.6) is 5.75 Å². The van der Waals surface area contributed by atoms with Crippen LogP contribution in [0.2, 0.25) is 0 Å². The van der Waals surface area contributed by atoms with Crippen molar-refractivity contribution in [2.24, 2.45) is 5.73 Å². The van der Waals surface area contributed by atoms with Crippen LogP contribution in [0.4, 0.5) is 0 Å². The minimum Gasteiger partial charge on any atom is -0.483 e. The van der Waals surface area contributed by atoms with Crippen LogP contribution in [0.25, 0.3) is 0 Å². The van der Waals surface area contributed by atoms with E-state index in [9.17, 15) is 0 Å². The lowest BCUT2D eigenvalue weighted by Crippen LogP contribution is -2.30. The van der Waals surface area contributed by atoms with Crippen LogP contribution in [-0.4, -0.2) is 6.04 Å². The second kappa shape index (κ2) is 6.42. The molecule has 20 heavy (non-hydrogen) atoms.